The van der Waals surface area contributed by atoms with Gasteiger partial charge in [0.1, 0.15) is 0 Å². The summed E-state index contributed by atoms with van der Waals surface area (Å²) in [6.07, 6.45) is 10.8. The molecule has 6 heteroatoms. The third-order valence-electron chi connectivity index (χ3n) is 14.2. The van der Waals surface area contributed by atoms with Crippen molar-refractivity contribution >= 4 is 11.8 Å². The van der Waals surface area contributed by atoms with Crippen molar-refractivity contribution in [3.63, 3.8) is 0 Å². The van der Waals surface area contributed by atoms with Crippen molar-refractivity contribution in [3.8, 4) is 0 Å². The molecule has 0 aromatic rings. The standard InChI is InChI=1S/C35H54O6/c1-30(2)20-23-22(24(21-30)29(37)39-8)9-11-34(6)28(23)25(36)19-27-31(3)13-14-35(40-17-18-41-35)33(5,15-16-38-7)26(31)10-12-32(27,34)4/h19,22-24,26,28H,9-18,20-21H2,1-8H3/t22?,23-,24-,26-,28+,31+,32-,33+,34-/m1/s1. The van der Waals surface area contributed by atoms with Crippen LogP contribution in [0.1, 0.15) is 99.3 Å². The van der Waals surface area contributed by atoms with E-state index in [0.717, 1.165) is 57.8 Å². The second kappa shape index (κ2) is 9.63. The van der Waals surface area contributed by atoms with Crippen LogP contribution in [0, 0.1) is 56.7 Å². The van der Waals surface area contributed by atoms with Crippen LogP contribution in [0.3, 0.4) is 0 Å². The van der Waals surface area contributed by atoms with Crippen molar-refractivity contribution < 1.29 is 28.5 Å². The highest BCUT2D eigenvalue weighted by Crippen LogP contribution is 2.75. The summed E-state index contributed by atoms with van der Waals surface area (Å²) in [5.74, 6) is 0.297. The predicted molar refractivity (Wildman–Crippen MR) is 157 cm³/mol. The van der Waals surface area contributed by atoms with Crippen molar-refractivity contribution in [2.45, 2.75) is 105 Å². The minimum atomic E-state index is -0.566. The molecule has 6 nitrogen and oxygen atoms in total. The summed E-state index contributed by atoms with van der Waals surface area (Å²) in [6.45, 7) is 16.3. The first-order valence-electron chi connectivity index (χ1n) is 16.3. The van der Waals surface area contributed by atoms with Gasteiger partial charge in [-0.3, -0.25) is 9.59 Å². The van der Waals surface area contributed by atoms with E-state index in [9.17, 15) is 9.59 Å². The Labute approximate surface area is 247 Å². The number of carbonyl (C=O) groups is 2. The Bertz CT molecular complexity index is 1120. The SMILES string of the molecule is COCC[C@@]1(C)[C@@H]2CC[C@]3(C)C(=CC(=O)[C@@H]4[C@@H]5CC(C)(C)C[C@@H](C(=O)OC)C5CC[C@]43C)[C@@]2(C)CCC12OCCO2. The van der Waals surface area contributed by atoms with Crippen molar-refractivity contribution in [2.24, 2.45) is 56.7 Å². The predicted octanol–water partition coefficient (Wildman–Crippen LogP) is 6.76. The monoisotopic (exact) mass is 570 g/mol. The smallest absolute Gasteiger partial charge is 0.308 e. The highest BCUT2D eigenvalue weighted by molar-refractivity contribution is 5.95. The van der Waals surface area contributed by atoms with Gasteiger partial charge in [0.25, 0.3) is 0 Å². The number of methoxy groups -OCH3 is 2. The van der Waals surface area contributed by atoms with Crippen LogP contribution >= 0.6 is 0 Å². The molecule has 0 bridgehead atoms. The first-order valence-corrected chi connectivity index (χ1v) is 16.3. The molecule has 6 rings (SSSR count). The summed E-state index contributed by atoms with van der Waals surface area (Å²) >= 11 is 0. The minimum absolute atomic E-state index is 0.00915. The quantitative estimate of drug-likeness (QED) is 0.348. The van der Waals surface area contributed by atoms with E-state index in [2.05, 4.69) is 47.6 Å². The van der Waals surface area contributed by atoms with E-state index >= 15 is 0 Å². The lowest BCUT2D eigenvalue weighted by Gasteiger charge is -2.70. The van der Waals surface area contributed by atoms with E-state index in [1.54, 1.807) is 7.11 Å². The Morgan fingerprint density at radius 3 is 2.29 bits per heavy atom. The molecule has 0 aromatic heterocycles. The van der Waals surface area contributed by atoms with Gasteiger partial charge >= 0.3 is 5.97 Å². The Kier molecular flexibility index (Phi) is 7.00. The molecule has 0 amide bonds. The lowest BCUT2D eigenvalue weighted by Crippen LogP contribution is -2.67. The maximum Gasteiger partial charge on any atom is 0.308 e. The molecule has 1 unspecified atom stereocenters. The van der Waals surface area contributed by atoms with Crippen LogP contribution in [0.15, 0.2) is 11.6 Å². The van der Waals surface area contributed by atoms with E-state index in [1.165, 1.54) is 12.7 Å². The molecule has 1 spiro atoms. The third-order valence-corrected chi connectivity index (χ3v) is 14.2. The molecule has 5 fully saturated rings. The van der Waals surface area contributed by atoms with E-state index in [1.807, 2.05) is 0 Å². The Morgan fingerprint density at radius 1 is 0.927 bits per heavy atom. The number of ether oxygens (including phenoxy) is 4. The van der Waals surface area contributed by atoms with Gasteiger partial charge in [-0.15, -0.1) is 0 Å². The third kappa shape index (κ3) is 3.91. The Morgan fingerprint density at radius 2 is 1.63 bits per heavy atom. The Balaban J connectivity index is 1.42. The zero-order valence-corrected chi connectivity index (χ0v) is 26.9. The van der Waals surface area contributed by atoms with Gasteiger partial charge in [0.05, 0.1) is 26.2 Å². The molecule has 5 aliphatic carbocycles. The second-order valence-corrected chi connectivity index (χ2v) is 16.4. The highest BCUT2D eigenvalue weighted by Gasteiger charge is 2.72. The number of allylic oxidation sites excluding steroid dienone is 2. The maximum absolute atomic E-state index is 14.6. The normalized spacial score (nSPS) is 48.0. The first-order chi connectivity index (χ1) is 19.2. The Hall–Kier alpha value is -1.24. The number of carbonyl (C=O) groups excluding carboxylic acids is 2. The van der Waals surface area contributed by atoms with Crippen LogP contribution in [-0.2, 0) is 28.5 Å². The zero-order chi connectivity index (χ0) is 29.6. The average molecular weight is 571 g/mol. The molecule has 1 heterocycles. The number of fused-ring (bicyclic) bond motifs is 7. The summed E-state index contributed by atoms with van der Waals surface area (Å²) in [6, 6.07) is 0. The summed E-state index contributed by atoms with van der Waals surface area (Å²) in [5, 5.41) is 0. The molecule has 6 aliphatic rings. The molecular weight excluding hydrogens is 516 g/mol. The molecule has 1 saturated heterocycles. The van der Waals surface area contributed by atoms with Gasteiger partial charge < -0.3 is 18.9 Å². The molecule has 0 radical (unpaired) electrons. The minimum Gasteiger partial charge on any atom is -0.469 e. The summed E-state index contributed by atoms with van der Waals surface area (Å²) in [5.41, 5.74) is 0.907. The topological polar surface area (TPSA) is 71.1 Å². The maximum atomic E-state index is 14.6. The van der Waals surface area contributed by atoms with Crippen LogP contribution in [0.2, 0.25) is 0 Å². The average Bonchev–Trinajstić information content (AvgIpc) is 3.40. The van der Waals surface area contributed by atoms with Gasteiger partial charge in [-0.1, -0.05) is 47.1 Å². The number of rotatable bonds is 4. The highest BCUT2D eigenvalue weighted by atomic mass is 16.7. The van der Waals surface area contributed by atoms with Gasteiger partial charge in [-0.2, -0.15) is 0 Å². The zero-order valence-electron chi connectivity index (χ0n) is 26.9. The number of hydrogen-bond donors (Lipinski definition) is 0. The van der Waals surface area contributed by atoms with E-state index in [0.29, 0.717) is 31.5 Å². The van der Waals surface area contributed by atoms with Crippen LogP contribution in [0.4, 0.5) is 0 Å². The first kappa shape index (κ1) is 29.8. The lowest BCUT2D eigenvalue weighted by atomic mass is 9.34. The second-order valence-electron chi connectivity index (χ2n) is 16.4. The van der Waals surface area contributed by atoms with Gasteiger partial charge in [-0.05, 0) is 96.9 Å². The van der Waals surface area contributed by atoms with Gasteiger partial charge in [-0.25, -0.2) is 0 Å². The molecule has 4 saturated carbocycles. The number of hydrogen-bond acceptors (Lipinski definition) is 6. The van der Waals surface area contributed by atoms with E-state index in [4.69, 9.17) is 18.9 Å². The fourth-order valence-electron chi connectivity index (χ4n) is 12.1. The summed E-state index contributed by atoms with van der Waals surface area (Å²) in [7, 11) is 3.30. The molecule has 0 N–H and O–H groups in total. The molecule has 9 atom stereocenters. The molecule has 0 aromatic carbocycles. The number of esters is 1. The molecular formula is C35H54O6. The van der Waals surface area contributed by atoms with Crippen molar-refractivity contribution in [1.82, 2.24) is 0 Å². The van der Waals surface area contributed by atoms with Gasteiger partial charge in [0.2, 0.25) is 0 Å². The summed E-state index contributed by atoms with van der Waals surface area (Å²) in [4.78, 5) is 27.6. The van der Waals surface area contributed by atoms with Crippen LogP contribution < -0.4 is 0 Å². The molecule has 230 valence electrons. The van der Waals surface area contributed by atoms with E-state index in [-0.39, 0.29) is 56.7 Å². The lowest BCUT2D eigenvalue weighted by molar-refractivity contribution is -0.297. The van der Waals surface area contributed by atoms with Crippen LogP contribution in [0.25, 0.3) is 0 Å². The molecule has 1 aliphatic heterocycles. The number of ketones is 1. The fourth-order valence-corrected chi connectivity index (χ4v) is 12.1. The van der Waals surface area contributed by atoms with Gasteiger partial charge in [0, 0.05) is 31.5 Å². The van der Waals surface area contributed by atoms with Gasteiger partial charge in [0.15, 0.2) is 11.6 Å². The summed E-state index contributed by atoms with van der Waals surface area (Å²) < 4.78 is 23.9. The van der Waals surface area contributed by atoms with Crippen LogP contribution in [0.5, 0.6) is 0 Å². The van der Waals surface area contributed by atoms with E-state index < -0.39 is 5.79 Å². The van der Waals surface area contributed by atoms with Crippen molar-refractivity contribution in [1.29, 1.82) is 0 Å². The van der Waals surface area contributed by atoms with Crippen LogP contribution in [-0.4, -0.2) is 51.6 Å². The fraction of sp³-hybridized carbons (Fsp3) is 0.886. The largest absolute Gasteiger partial charge is 0.469 e. The van der Waals surface area contributed by atoms with Crippen molar-refractivity contribution in [2.75, 3.05) is 34.0 Å². The van der Waals surface area contributed by atoms with Crippen molar-refractivity contribution in [3.05, 3.63) is 11.6 Å². The molecule has 41 heavy (non-hydrogen) atoms.